The Kier molecular flexibility index (Phi) is 7.52. The third-order valence-electron chi connectivity index (χ3n) is 5.76. The topological polar surface area (TPSA) is 65.4 Å². The summed E-state index contributed by atoms with van der Waals surface area (Å²) < 4.78 is 51.8. The summed E-state index contributed by atoms with van der Waals surface area (Å²) in [5, 5.41) is 6.93. The minimum atomic E-state index is -4.42. The van der Waals surface area contributed by atoms with Crippen molar-refractivity contribution in [3.8, 4) is 11.5 Å². The molecule has 0 aliphatic carbocycles. The van der Waals surface area contributed by atoms with Crippen LogP contribution in [-0.4, -0.2) is 22.8 Å². The van der Waals surface area contributed by atoms with Gasteiger partial charge in [-0.1, -0.05) is 24.3 Å². The van der Waals surface area contributed by atoms with E-state index >= 15 is 0 Å². The lowest BCUT2D eigenvalue weighted by Crippen LogP contribution is -2.12. The van der Waals surface area contributed by atoms with Gasteiger partial charge in [-0.2, -0.15) is 18.3 Å². The smallest absolute Gasteiger partial charge is 0.416 e. The number of amides is 1. The van der Waals surface area contributed by atoms with Gasteiger partial charge in [0.2, 0.25) is 0 Å². The maximum absolute atomic E-state index is 13.0. The van der Waals surface area contributed by atoms with Crippen LogP contribution in [0.25, 0.3) is 0 Å². The van der Waals surface area contributed by atoms with Crippen molar-refractivity contribution in [2.75, 3.05) is 12.4 Å². The average molecular weight is 510 g/mol. The van der Waals surface area contributed by atoms with Crippen LogP contribution in [0.4, 0.5) is 18.9 Å². The molecule has 0 bridgehead atoms. The second-order valence-corrected chi connectivity index (χ2v) is 8.66. The summed E-state index contributed by atoms with van der Waals surface area (Å²) in [5.74, 6) is 0.982. The molecule has 3 aromatic carbocycles. The van der Waals surface area contributed by atoms with E-state index in [1.165, 1.54) is 16.9 Å². The monoisotopic (exact) mass is 509 g/mol. The summed E-state index contributed by atoms with van der Waals surface area (Å²) in [5.41, 5.74) is 3.32. The Morgan fingerprint density at radius 2 is 1.84 bits per heavy atom. The SMILES string of the molecule is COc1ccc(C(=O)Nc2cnn(Cc3cccc(C(F)(F)F)c3)c2)cc1COc1cc(C)ccc1C. The lowest BCUT2D eigenvalue weighted by Gasteiger charge is -2.14. The van der Waals surface area contributed by atoms with Gasteiger partial charge in [-0.05, 0) is 66.9 Å². The largest absolute Gasteiger partial charge is 0.496 e. The molecular formula is C28H26F3N3O3. The normalized spacial score (nSPS) is 11.3. The fourth-order valence-corrected chi connectivity index (χ4v) is 3.80. The number of aromatic nitrogens is 2. The molecule has 1 amide bonds. The average Bonchev–Trinajstić information content (AvgIpc) is 3.30. The Bertz CT molecular complexity index is 1410. The number of anilines is 1. The predicted molar refractivity (Wildman–Crippen MR) is 134 cm³/mol. The molecule has 192 valence electrons. The summed E-state index contributed by atoms with van der Waals surface area (Å²) in [4.78, 5) is 12.9. The second-order valence-electron chi connectivity index (χ2n) is 8.66. The van der Waals surface area contributed by atoms with Crippen LogP contribution in [0.3, 0.4) is 0 Å². The molecule has 0 radical (unpaired) electrons. The van der Waals surface area contributed by atoms with Crippen LogP contribution >= 0.6 is 0 Å². The van der Waals surface area contributed by atoms with Gasteiger partial charge in [0, 0.05) is 17.3 Å². The first-order valence-corrected chi connectivity index (χ1v) is 11.5. The zero-order valence-corrected chi connectivity index (χ0v) is 20.6. The van der Waals surface area contributed by atoms with E-state index in [-0.39, 0.29) is 19.1 Å². The molecule has 0 saturated carbocycles. The van der Waals surface area contributed by atoms with Crippen molar-refractivity contribution in [1.29, 1.82) is 0 Å². The summed E-state index contributed by atoms with van der Waals surface area (Å²) in [6, 6.07) is 16.0. The molecule has 0 saturated heterocycles. The van der Waals surface area contributed by atoms with Crippen LogP contribution in [0.15, 0.2) is 73.1 Å². The molecule has 0 unspecified atom stereocenters. The highest BCUT2D eigenvalue weighted by molar-refractivity contribution is 6.04. The molecule has 0 atom stereocenters. The summed E-state index contributed by atoms with van der Waals surface area (Å²) in [6.07, 6.45) is -1.41. The molecule has 1 aromatic heterocycles. The van der Waals surface area contributed by atoms with E-state index in [9.17, 15) is 18.0 Å². The number of carbonyl (C=O) groups excluding carboxylic acids is 1. The molecule has 6 nitrogen and oxygen atoms in total. The van der Waals surface area contributed by atoms with Crippen molar-refractivity contribution in [3.63, 3.8) is 0 Å². The van der Waals surface area contributed by atoms with Gasteiger partial charge >= 0.3 is 6.18 Å². The molecule has 37 heavy (non-hydrogen) atoms. The lowest BCUT2D eigenvalue weighted by molar-refractivity contribution is -0.137. The zero-order chi connectivity index (χ0) is 26.6. The van der Waals surface area contributed by atoms with Crippen molar-refractivity contribution in [2.45, 2.75) is 33.2 Å². The number of hydrogen-bond donors (Lipinski definition) is 1. The molecule has 0 aliphatic heterocycles. The number of alkyl halides is 3. The number of halogens is 3. The van der Waals surface area contributed by atoms with Crippen LogP contribution in [-0.2, 0) is 19.3 Å². The quantitative estimate of drug-likeness (QED) is 0.298. The number of carbonyl (C=O) groups is 1. The number of rotatable bonds is 8. The summed E-state index contributed by atoms with van der Waals surface area (Å²) >= 11 is 0. The Morgan fingerprint density at radius 1 is 1.03 bits per heavy atom. The Balaban J connectivity index is 1.44. The van der Waals surface area contributed by atoms with Crippen molar-refractivity contribution < 1.29 is 27.4 Å². The van der Waals surface area contributed by atoms with Crippen molar-refractivity contribution >= 4 is 11.6 Å². The number of ether oxygens (including phenoxy) is 2. The van der Waals surface area contributed by atoms with E-state index in [1.807, 2.05) is 32.0 Å². The van der Waals surface area contributed by atoms with Gasteiger partial charge in [0.05, 0.1) is 31.1 Å². The van der Waals surface area contributed by atoms with Gasteiger partial charge in [0.1, 0.15) is 18.1 Å². The Labute approximate surface area is 212 Å². The van der Waals surface area contributed by atoms with Crippen molar-refractivity contribution in [1.82, 2.24) is 9.78 Å². The van der Waals surface area contributed by atoms with Crippen molar-refractivity contribution in [3.05, 3.63) is 106 Å². The number of benzene rings is 3. The minimum Gasteiger partial charge on any atom is -0.496 e. The van der Waals surface area contributed by atoms with E-state index in [1.54, 1.807) is 37.6 Å². The van der Waals surface area contributed by atoms with E-state index in [2.05, 4.69) is 10.4 Å². The van der Waals surface area contributed by atoms with Crippen molar-refractivity contribution in [2.24, 2.45) is 0 Å². The number of hydrogen-bond acceptors (Lipinski definition) is 4. The van der Waals surface area contributed by atoms with Gasteiger partial charge in [0.25, 0.3) is 5.91 Å². The molecule has 4 rings (SSSR count). The Hall–Kier alpha value is -4.27. The molecule has 0 fully saturated rings. The summed E-state index contributed by atoms with van der Waals surface area (Å²) in [7, 11) is 1.55. The van der Waals surface area contributed by atoms with E-state index < -0.39 is 11.7 Å². The van der Waals surface area contributed by atoms with E-state index in [0.29, 0.717) is 28.1 Å². The van der Waals surface area contributed by atoms with Crippen LogP contribution < -0.4 is 14.8 Å². The molecular weight excluding hydrogens is 483 g/mol. The van der Waals surface area contributed by atoms with Crippen LogP contribution in [0.1, 0.15) is 38.2 Å². The highest BCUT2D eigenvalue weighted by Gasteiger charge is 2.30. The van der Waals surface area contributed by atoms with Gasteiger partial charge < -0.3 is 14.8 Å². The van der Waals surface area contributed by atoms with Gasteiger partial charge in [-0.3, -0.25) is 9.48 Å². The third-order valence-corrected chi connectivity index (χ3v) is 5.76. The van der Waals surface area contributed by atoms with Gasteiger partial charge in [0.15, 0.2) is 0 Å². The van der Waals surface area contributed by atoms with Crippen LogP contribution in [0.5, 0.6) is 11.5 Å². The molecule has 9 heteroatoms. The minimum absolute atomic E-state index is 0.127. The standard InChI is InChI=1S/C28H26F3N3O3/c1-18-7-8-19(2)26(11-18)37-17-22-13-21(9-10-25(22)36-3)27(35)33-24-14-32-34(16-24)15-20-5-4-6-23(12-20)28(29,30)31/h4-14,16H,15,17H2,1-3H3,(H,33,35). The zero-order valence-electron chi connectivity index (χ0n) is 20.6. The number of methoxy groups -OCH3 is 1. The first-order valence-electron chi connectivity index (χ1n) is 11.5. The van der Waals surface area contributed by atoms with Gasteiger partial charge in [-0.25, -0.2) is 0 Å². The molecule has 0 spiro atoms. The Morgan fingerprint density at radius 3 is 2.59 bits per heavy atom. The summed E-state index contributed by atoms with van der Waals surface area (Å²) in [6.45, 7) is 4.29. The molecule has 1 N–H and O–H groups in total. The van der Waals surface area contributed by atoms with Gasteiger partial charge in [-0.15, -0.1) is 0 Å². The number of aryl methyl sites for hydroxylation is 2. The van der Waals surface area contributed by atoms with E-state index in [4.69, 9.17) is 9.47 Å². The first-order chi connectivity index (χ1) is 17.6. The highest BCUT2D eigenvalue weighted by atomic mass is 19.4. The first kappa shape index (κ1) is 25.8. The number of nitrogens with zero attached hydrogens (tertiary/aromatic N) is 2. The molecule has 0 aliphatic rings. The number of nitrogens with one attached hydrogen (secondary N) is 1. The predicted octanol–water partition coefficient (Wildman–Crippen LogP) is 6.41. The fraction of sp³-hybridized carbons (Fsp3) is 0.214. The van der Waals surface area contributed by atoms with Crippen LogP contribution in [0.2, 0.25) is 0 Å². The van der Waals surface area contributed by atoms with E-state index in [0.717, 1.165) is 29.0 Å². The maximum atomic E-state index is 13.0. The second kappa shape index (κ2) is 10.8. The fourth-order valence-electron chi connectivity index (χ4n) is 3.80. The molecule has 1 heterocycles. The molecule has 4 aromatic rings. The highest BCUT2D eigenvalue weighted by Crippen LogP contribution is 2.30. The maximum Gasteiger partial charge on any atom is 0.416 e. The lowest BCUT2D eigenvalue weighted by atomic mass is 10.1. The third kappa shape index (κ3) is 6.49. The van der Waals surface area contributed by atoms with Crippen LogP contribution in [0, 0.1) is 13.8 Å².